The Morgan fingerprint density at radius 2 is 1.94 bits per heavy atom. The fourth-order valence-electron chi connectivity index (χ4n) is 2.51. The zero-order valence-electron chi connectivity index (χ0n) is 17.4. The Hall–Kier alpha value is -2.94. The van der Waals surface area contributed by atoms with Gasteiger partial charge in [0.05, 0.1) is 30.1 Å². The van der Waals surface area contributed by atoms with Gasteiger partial charge < -0.3 is 14.8 Å². The van der Waals surface area contributed by atoms with Gasteiger partial charge in [0.15, 0.2) is 11.5 Å². The van der Waals surface area contributed by atoms with Crippen molar-refractivity contribution in [2.45, 2.75) is 32.6 Å². The first-order valence-corrected chi connectivity index (χ1v) is 10.6. The first-order chi connectivity index (χ1) is 14.9. The van der Waals surface area contributed by atoms with Crippen LogP contribution in [0.15, 0.2) is 46.0 Å². The van der Waals surface area contributed by atoms with Crippen LogP contribution in [0.4, 0.5) is 10.1 Å². The number of rotatable bonds is 11. The fraction of sp³-hybridized carbons (Fsp3) is 0.318. The van der Waals surface area contributed by atoms with Crippen LogP contribution in [-0.2, 0) is 9.59 Å². The third-order valence-electron chi connectivity index (χ3n) is 4.13. The van der Waals surface area contributed by atoms with Gasteiger partial charge in [0.2, 0.25) is 11.8 Å². The summed E-state index contributed by atoms with van der Waals surface area (Å²) in [5.74, 6) is -0.281. The number of amides is 2. The third-order valence-corrected chi connectivity index (χ3v) is 4.72. The second-order valence-corrected chi connectivity index (χ2v) is 7.41. The lowest BCUT2D eigenvalue weighted by Gasteiger charge is -2.13. The zero-order valence-corrected chi connectivity index (χ0v) is 19.0. The first-order valence-electron chi connectivity index (χ1n) is 9.81. The molecule has 0 unspecified atom stereocenters. The van der Waals surface area contributed by atoms with E-state index < -0.39 is 17.6 Å². The van der Waals surface area contributed by atoms with Crippen molar-refractivity contribution >= 4 is 39.6 Å². The van der Waals surface area contributed by atoms with Crippen molar-refractivity contribution in [1.29, 1.82) is 0 Å². The summed E-state index contributed by atoms with van der Waals surface area (Å²) in [6.45, 7) is 2.67. The van der Waals surface area contributed by atoms with Gasteiger partial charge in [-0.2, -0.15) is 5.10 Å². The average molecular weight is 494 g/mol. The highest BCUT2D eigenvalue weighted by molar-refractivity contribution is 9.10. The molecule has 31 heavy (non-hydrogen) atoms. The summed E-state index contributed by atoms with van der Waals surface area (Å²) in [6, 6.07) is 9.36. The molecule has 0 aromatic heterocycles. The molecular formula is C22H25BrFN3O4. The molecule has 0 fully saturated rings. The number of hydrazone groups is 1. The monoisotopic (exact) mass is 493 g/mol. The SMILES string of the molecule is CCCCOc1c(Br)cc(C=NNC(=O)CCC(=O)Nc2ccccc2F)cc1OC. The molecule has 7 nitrogen and oxygen atoms in total. The number of anilines is 1. The summed E-state index contributed by atoms with van der Waals surface area (Å²) in [7, 11) is 1.55. The number of benzene rings is 2. The molecule has 2 aromatic rings. The second kappa shape index (κ2) is 12.7. The molecule has 0 aliphatic rings. The van der Waals surface area contributed by atoms with E-state index in [0.29, 0.717) is 28.1 Å². The van der Waals surface area contributed by atoms with Crippen molar-refractivity contribution in [3.8, 4) is 11.5 Å². The number of carbonyl (C=O) groups is 2. The molecule has 0 bridgehead atoms. The molecule has 0 aliphatic heterocycles. The van der Waals surface area contributed by atoms with Crippen molar-refractivity contribution in [3.63, 3.8) is 0 Å². The van der Waals surface area contributed by atoms with Crippen LogP contribution in [0.5, 0.6) is 11.5 Å². The Morgan fingerprint density at radius 3 is 2.65 bits per heavy atom. The van der Waals surface area contributed by atoms with Gasteiger partial charge in [-0.1, -0.05) is 25.5 Å². The number of carbonyl (C=O) groups excluding carboxylic acids is 2. The standard InChI is InChI=1S/C22H25BrFN3O4/c1-3-4-11-31-22-16(23)12-15(13-19(22)30-2)14-25-27-21(29)10-9-20(28)26-18-8-6-5-7-17(18)24/h5-8,12-14H,3-4,9-11H2,1-2H3,(H,26,28)(H,27,29). The summed E-state index contributed by atoms with van der Waals surface area (Å²) in [4.78, 5) is 23.8. The number of hydrogen-bond acceptors (Lipinski definition) is 5. The number of halogens is 2. The van der Waals surface area contributed by atoms with Crippen molar-refractivity contribution < 1.29 is 23.5 Å². The van der Waals surface area contributed by atoms with E-state index in [2.05, 4.69) is 38.7 Å². The predicted octanol–water partition coefficient (Wildman–Crippen LogP) is 4.64. The summed E-state index contributed by atoms with van der Waals surface area (Å²) < 4.78 is 25.4. The van der Waals surface area contributed by atoms with Gasteiger partial charge in [0.25, 0.3) is 0 Å². The Labute approximate surface area is 189 Å². The minimum Gasteiger partial charge on any atom is -0.493 e. The zero-order chi connectivity index (χ0) is 22.6. The number of methoxy groups -OCH3 is 1. The Bertz CT molecular complexity index is 937. The normalized spacial score (nSPS) is 10.7. The minimum absolute atomic E-state index is 0.0765. The van der Waals surface area contributed by atoms with E-state index in [9.17, 15) is 14.0 Å². The fourth-order valence-corrected chi connectivity index (χ4v) is 3.08. The molecule has 0 atom stereocenters. The predicted molar refractivity (Wildman–Crippen MR) is 121 cm³/mol. The molecule has 0 radical (unpaired) electrons. The van der Waals surface area contributed by atoms with E-state index in [1.807, 2.05) is 0 Å². The van der Waals surface area contributed by atoms with Crippen LogP contribution in [0.2, 0.25) is 0 Å². The van der Waals surface area contributed by atoms with E-state index >= 15 is 0 Å². The van der Waals surface area contributed by atoms with Crippen molar-refractivity contribution in [1.82, 2.24) is 5.43 Å². The number of ether oxygens (including phenoxy) is 2. The highest BCUT2D eigenvalue weighted by Crippen LogP contribution is 2.36. The number of nitrogens with zero attached hydrogens (tertiary/aromatic N) is 1. The number of unbranched alkanes of at least 4 members (excludes halogenated alkanes) is 1. The van der Waals surface area contributed by atoms with Gasteiger partial charge >= 0.3 is 0 Å². The van der Waals surface area contributed by atoms with E-state index in [1.165, 1.54) is 24.4 Å². The largest absolute Gasteiger partial charge is 0.493 e. The van der Waals surface area contributed by atoms with Crippen LogP contribution < -0.4 is 20.2 Å². The molecule has 2 aromatic carbocycles. The molecule has 166 valence electrons. The summed E-state index contributed by atoms with van der Waals surface area (Å²) in [6.07, 6.45) is 3.23. The molecule has 9 heteroatoms. The third kappa shape index (κ3) is 8.01. The van der Waals surface area contributed by atoms with Gasteiger partial charge in [-0.05, 0) is 52.2 Å². The molecule has 2 N–H and O–H groups in total. The number of para-hydroxylation sites is 1. The molecule has 2 rings (SSSR count). The summed E-state index contributed by atoms with van der Waals surface area (Å²) in [5, 5.41) is 6.33. The number of nitrogens with one attached hydrogen (secondary N) is 2. The number of hydrogen-bond donors (Lipinski definition) is 2. The second-order valence-electron chi connectivity index (χ2n) is 6.56. The Balaban J connectivity index is 1.85. The maximum atomic E-state index is 13.5. The van der Waals surface area contributed by atoms with Crippen LogP contribution in [0.25, 0.3) is 0 Å². The molecular weight excluding hydrogens is 469 g/mol. The van der Waals surface area contributed by atoms with Gasteiger partial charge in [-0.3, -0.25) is 9.59 Å². The average Bonchev–Trinajstić information content (AvgIpc) is 2.75. The van der Waals surface area contributed by atoms with Gasteiger partial charge in [-0.25, -0.2) is 9.82 Å². The van der Waals surface area contributed by atoms with E-state index in [-0.39, 0.29) is 18.5 Å². The van der Waals surface area contributed by atoms with Crippen LogP contribution in [-0.4, -0.2) is 31.7 Å². The lowest BCUT2D eigenvalue weighted by atomic mass is 10.2. The summed E-state index contributed by atoms with van der Waals surface area (Å²) in [5.41, 5.74) is 3.13. The van der Waals surface area contributed by atoms with Gasteiger partial charge in [0.1, 0.15) is 5.82 Å². The first kappa shape index (κ1) is 24.3. The lowest BCUT2D eigenvalue weighted by molar-refractivity contribution is -0.124. The molecule has 0 saturated heterocycles. The quantitative estimate of drug-likeness (QED) is 0.271. The molecule has 0 spiro atoms. The van der Waals surface area contributed by atoms with Gasteiger partial charge in [0, 0.05) is 12.8 Å². The highest BCUT2D eigenvalue weighted by atomic mass is 79.9. The lowest BCUT2D eigenvalue weighted by Crippen LogP contribution is -2.21. The van der Waals surface area contributed by atoms with E-state index in [1.54, 1.807) is 25.3 Å². The maximum absolute atomic E-state index is 13.5. The van der Waals surface area contributed by atoms with Crippen LogP contribution in [0.1, 0.15) is 38.2 Å². The van der Waals surface area contributed by atoms with Crippen LogP contribution in [0.3, 0.4) is 0 Å². The maximum Gasteiger partial charge on any atom is 0.240 e. The molecule has 0 saturated carbocycles. The highest BCUT2D eigenvalue weighted by Gasteiger charge is 2.12. The minimum atomic E-state index is -0.534. The molecule has 0 aliphatic carbocycles. The van der Waals surface area contributed by atoms with Crippen LogP contribution >= 0.6 is 15.9 Å². The van der Waals surface area contributed by atoms with E-state index in [0.717, 1.165) is 12.8 Å². The smallest absolute Gasteiger partial charge is 0.240 e. The van der Waals surface area contributed by atoms with Crippen molar-refractivity contribution in [3.05, 3.63) is 52.3 Å². The Morgan fingerprint density at radius 1 is 1.19 bits per heavy atom. The van der Waals surface area contributed by atoms with Gasteiger partial charge in [-0.15, -0.1) is 0 Å². The topological polar surface area (TPSA) is 89.0 Å². The summed E-state index contributed by atoms with van der Waals surface area (Å²) >= 11 is 3.46. The van der Waals surface area contributed by atoms with Crippen molar-refractivity contribution in [2.75, 3.05) is 19.0 Å². The van der Waals surface area contributed by atoms with Crippen LogP contribution in [0, 0.1) is 5.82 Å². The molecule has 2 amide bonds. The molecule has 0 heterocycles. The Kier molecular flexibility index (Phi) is 9.96. The van der Waals surface area contributed by atoms with E-state index in [4.69, 9.17) is 9.47 Å². The van der Waals surface area contributed by atoms with Crippen molar-refractivity contribution in [2.24, 2.45) is 5.10 Å².